The molecule has 3 aromatic rings. The van der Waals surface area contributed by atoms with Crippen LogP contribution in [0.2, 0.25) is 0 Å². The number of nitrogens with zero attached hydrogens (tertiary/aromatic N) is 1. The average Bonchev–Trinajstić information content (AvgIpc) is 3.08. The second-order valence-electron chi connectivity index (χ2n) is 7.22. The van der Waals surface area contributed by atoms with Gasteiger partial charge < -0.3 is 14.6 Å². The first-order valence-electron chi connectivity index (χ1n) is 9.91. The minimum Gasteiger partial charge on any atom is -0.493 e. The van der Waals surface area contributed by atoms with Crippen molar-refractivity contribution in [2.75, 3.05) is 14.2 Å². The average molecular weight is 496 g/mol. The fourth-order valence-corrected chi connectivity index (χ4v) is 3.98. The number of halogens is 1. The molecule has 164 valence electrons. The normalized spacial score (nSPS) is 17.9. The molecule has 1 amide bonds. The number of rotatable bonds is 7. The predicted molar refractivity (Wildman–Crippen MR) is 124 cm³/mol. The maximum Gasteiger partial charge on any atom is 0.281 e. The van der Waals surface area contributed by atoms with Crippen LogP contribution in [0.15, 0.2) is 83.3 Å². The number of aliphatic hydroxyl groups is 1. The van der Waals surface area contributed by atoms with Crippen LogP contribution in [0.5, 0.6) is 11.5 Å². The fraction of sp³-hybridized carbons (Fsp3) is 0.160. The van der Waals surface area contributed by atoms with Gasteiger partial charge in [-0.25, -0.2) is 0 Å². The van der Waals surface area contributed by atoms with Crippen molar-refractivity contribution in [1.29, 1.82) is 0 Å². The highest BCUT2D eigenvalue weighted by atomic mass is 79.9. The van der Waals surface area contributed by atoms with Gasteiger partial charge in [-0.2, -0.15) is 5.06 Å². The van der Waals surface area contributed by atoms with Crippen LogP contribution in [0, 0.1) is 0 Å². The molecule has 1 unspecified atom stereocenters. The first-order valence-corrected chi connectivity index (χ1v) is 10.7. The van der Waals surface area contributed by atoms with Crippen LogP contribution in [0.3, 0.4) is 0 Å². The van der Waals surface area contributed by atoms with Crippen molar-refractivity contribution >= 4 is 27.4 Å². The molecule has 1 aliphatic rings. The van der Waals surface area contributed by atoms with Gasteiger partial charge in [0.25, 0.3) is 5.91 Å². The molecule has 1 N–H and O–H groups in total. The van der Waals surface area contributed by atoms with Gasteiger partial charge in [0.15, 0.2) is 11.5 Å². The summed E-state index contributed by atoms with van der Waals surface area (Å²) in [4.78, 5) is 19.3. The first kappa shape index (κ1) is 22.1. The molecule has 1 heterocycles. The van der Waals surface area contributed by atoms with Crippen LogP contribution in [0.25, 0.3) is 5.57 Å². The Hall–Kier alpha value is -3.13. The maximum atomic E-state index is 13.4. The lowest BCUT2D eigenvalue weighted by atomic mass is 10.00. The van der Waals surface area contributed by atoms with E-state index in [1.807, 2.05) is 54.6 Å². The van der Waals surface area contributed by atoms with Crippen LogP contribution in [0.1, 0.15) is 16.7 Å². The third-order valence-corrected chi connectivity index (χ3v) is 5.71. The Morgan fingerprint density at radius 1 is 0.938 bits per heavy atom. The molecule has 1 aliphatic heterocycles. The van der Waals surface area contributed by atoms with E-state index < -0.39 is 11.6 Å². The van der Waals surface area contributed by atoms with E-state index in [2.05, 4.69) is 15.9 Å². The summed E-state index contributed by atoms with van der Waals surface area (Å²) in [5, 5.41) is 12.8. The molecule has 6 nitrogen and oxygen atoms in total. The van der Waals surface area contributed by atoms with E-state index in [1.54, 1.807) is 18.2 Å². The number of benzene rings is 3. The van der Waals surface area contributed by atoms with Gasteiger partial charge in [0, 0.05) is 10.0 Å². The Balaban J connectivity index is 1.77. The van der Waals surface area contributed by atoms with E-state index in [9.17, 15) is 9.90 Å². The second kappa shape index (κ2) is 9.16. The van der Waals surface area contributed by atoms with E-state index >= 15 is 0 Å². The second-order valence-corrected chi connectivity index (χ2v) is 8.14. The number of carbonyl (C=O) groups excluding carboxylic acids is 1. The number of carbonyl (C=O) groups is 1. The molecule has 0 spiro atoms. The van der Waals surface area contributed by atoms with Crippen molar-refractivity contribution in [1.82, 2.24) is 5.06 Å². The minimum atomic E-state index is -1.84. The summed E-state index contributed by atoms with van der Waals surface area (Å²) >= 11 is 3.44. The number of ether oxygens (including phenoxy) is 2. The summed E-state index contributed by atoms with van der Waals surface area (Å²) in [6, 6.07) is 21.8. The highest BCUT2D eigenvalue weighted by Crippen LogP contribution is 2.42. The number of hydrogen-bond acceptors (Lipinski definition) is 5. The molecule has 4 rings (SSSR count). The number of amides is 1. The lowest BCUT2D eigenvalue weighted by Gasteiger charge is -2.32. The predicted octanol–water partition coefficient (Wildman–Crippen LogP) is 4.67. The molecule has 3 aromatic carbocycles. The van der Waals surface area contributed by atoms with Crippen molar-refractivity contribution in [3.63, 3.8) is 0 Å². The fourth-order valence-electron chi connectivity index (χ4n) is 3.58. The summed E-state index contributed by atoms with van der Waals surface area (Å²) in [6.07, 6.45) is 1.50. The SMILES string of the molecule is COc1ccc(C2(O)C=C(c3cccc(Br)c3)C(=O)N2OCc2ccccc2)cc1OC. The monoisotopic (exact) mass is 495 g/mol. The molecule has 32 heavy (non-hydrogen) atoms. The quantitative estimate of drug-likeness (QED) is 0.515. The van der Waals surface area contributed by atoms with Gasteiger partial charge in [-0.1, -0.05) is 58.4 Å². The van der Waals surface area contributed by atoms with Crippen LogP contribution < -0.4 is 9.47 Å². The highest BCUT2D eigenvalue weighted by Gasteiger charge is 2.47. The standard InChI is InChI=1S/C25H22BrNO5/c1-30-22-12-11-19(14-23(22)31-2)25(29)15-21(18-9-6-10-20(26)13-18)24(28)27(25)32-16-17-7-4-3-5-8-17/h3-15,29H,16H2,1-2H3. The zero-order valence-corrected chi connectivity index (χ0v) is 19.2. The van der Waals surface area contributed by atoms with Gasteiger partial charge in [0.2, 0.25) is 5.72 Å². The highest BCUT2D eigenvalue weighted by molar-refractivity contribution is 9.10. The number of hydroxylamine groups is 2. The molecule has 0 saturated heterocycles. The molecular formula is C25H22BrNO5. The molecule has 0 aliphatic carbocycles. The maximum absolute atomic E-state index is 13.4. The van der Waals surface area contributed by atoms with Crippen LogP contribution in [-0.2, 0) is 22.0 Å². The van der Waals surface area contributed by atoms with Gasteiger partial charge in [0.1, 0.15) is 6.61 Å². The molecular weight excluding hydrogens is 474 g/mol. The topological polar surface area (TPSA) is 68.2 Å². The largest absolute Gasteiger partial charge is 0.493 e. The molecule has 7 heteroatoms. The summed E-state index contributed by atoms with van der Waals surface area (Å²) in [6.45, 7) is 0.113. The molecule has 0 aromatic heterocycles. The van der Waals surface area contributed by atoms with E-state index in [-0.39, 0.29) is 6.61 Å². The third kappa shape index (κ3) is 4.14. The van der Waals surface area contributed by atoms with Crippen LogP contribution in [0.4, 0.5) is 0 Å². The Bertz CT molecular complexity index is 1160. The van der Waals surface area contributed by atoms with Crippen molar-refractivity contribution in [3.8, 4) is 11.5 Å². The van der Waals surface area contributed by atoms with Gasteiger partial charge in [-0.3, -0.25) is 9.63 Å². The molecule has 0 bridgehead atoms. The first-order chi connectivity index (χ1) is 15.5. The Morgan fingerprint density at radius 2 is 1.69 bits per heavy atom. The number of hydrogen-bond donors (Lipinski definition) is 1. The smallest absolute Gasteiger partial charge is 0.281 e. The lowest BCUT2D eigenvalue weighted by molar-refractivity contribution is -0.262. The van der Waals surface area contributed by atoms with Crippen molar-refractivity contribution < 1.29 is 24.2 Å². The summed E-state index contributed by atoms with van der Waals surface area (Å²) in [7, 11) is 3.05. The van der Waals surface area contributed by atoms with Crippen molar-refractivity contribution in [3.05, 3.63) is 100 Å². The van der Waals surface area contributed by atoms with E-state index in [0.29, 0.717) is 28.2 Å². The van der Waals surface area contributed by atoms with E-state index in [0.717, 1.165) is 15.1 Å². The van der Waals surface area contributed by atoms with Crippen molar-refractivity contribution in [2.24, 2.45) is 0 Å². The number of methoxy groups -OCH3 is 2. The Labute approximate surface area is 194 Å². The summed E-state index contributed by atoms with van der Waals surface area (Å²) < 4.78 is 11.5. The molecule has 0 fully saturated rings. The molecule has 0 radical (unpaired) electrons. The van der Waals surface area contributed by atoms with Gasteiger partial charge in [-0.05, 0) is 47.5 Å². The van der Waals surface area contributed by atoms with Gasteiger partial charge in [0.05, 0.1) is 19.8 Å². The summed E-state index contributed by atoms with van der Waals surface area (Å²) in [5.41, 5.74) is 0.418. The Kier molecular flexibility index (Phi) is 6.32. The van der Waals surface area contributed by atoms with E-state index in [4.69, 9.17) is 14.3 Å². The zero-order chi connectivity index (χ0) is 22.7. The lowest BCUT2D eigenvalue weighted by Crippen LogP contribution is -2.44. The van der Waals surface area contributed by atoms with E-state index in [1.165, 1.54) is 20.3 Å². The Morgan fingerprint density at radius 3 is 2.38 bits per heavy atom. The zero-order valence-electron chi connectivity index (χ0n) is 17.6. The summed E-state index contributed by atoms with van der Waals surface area (Å²) in [5.74, 6) is 0.492. The van der Waals surface area contributed by atoms with Gasteiger partial charge in [-0.15, -0.1) is 0 Å². The van der Waals surface area contributed by atoms with Gasteiger partial charge >= 0.3 is 0 Å². The van der Waals surface area contributed by atoms with Crippen LogP contribution in [-0.4, -0.2) is 30.3 Å². The molecule has 1 atom stereocenters. The minimum absolute atomic E-state index is 0.113. The van der Waals surface area contributed by atoms with Crippen molar-refractivity contribution in [2.45, 2.75) is 12.3 Å². The molecule has 0 saturated carbocycles. The van der Waals surface area contributed by atoms with Crippen LogP contribution >= 0.6 is 15.9 Å². The third-order valence-electron chi connectivity index (χ3n) is 5.22.